The van der Waals surface area contributed by atoms with Crippen molar-refractivity contribution in [1.29, 1.82) is 0 Å². The lowest BCUT2D eigenvalue weighted by molar-refractivity contribution is -0.145. The number of ether oxygens (including phenoxy) is 1. The number of nitrogens with zero attached hydrogens (tertiary/aromatic N) is 2. The fourth-order valence-electron chi connectivity index (χ4n) is 2.03. The van der Waals surface area contributed by atoms with Crippen molar-refractivity contribution in [2.75, 3.05) is 6.61 Å². The molecule has 22 heavy (non-hydrogen) atoms. The molecule has 0 saturated heterocycles. The van der Waals surface area contributed by atoms with Gasteiger partial charge in [-0.25, -0.2) is 4.68 Å². The van der Waals surface area contributed by atoms with Gasteiger partial charge in [0, 0.05) is 24.5 Å². The number of alkyl halides is 3. The minimum absolute atomic E-state index is 0.0875. The second-order valence-electron chi connectivity index (χ2n) is 6.36. The molecule has 0 aliphatic carbocycles. The predicted molar refractivity (Wildman–Crippen MR) is 86.5 cm³/mol. The average molecular weight is 395 g/mol. The van der Waals surface area contributed by atoms with Gasteiger partial charge in [0.1, 0.15) is 6.73 Å². The molecule has 0 unspecified atom stereocenters. The quantitative estimate of drug-likeness (QED) is 0.519. The van der Waals surface area contributed by atoms with E-state index in [0.29, 0.717) is 16.6 Å². The first-order chi connectivity index (χ1) is 10.1. The number of hydrogen-bond donors (Lipinski definition) is 0. The zero-order chi connectivity index (χ0) is 16.5. The van der Waals surface area contributed by atoms with Gasteiger partial charge in [0.05, 0.1) is 5.52 Å². The molecule has 0 radical (unpaired) electrons. The molecular weight excluding hydrogens is 377 g/mol. The Balaban J connectivity index is 2.25. The van der Waals surface area contributed by atoms with E-state index in [4.69, 9.17) is 4.74 Å². The Morgan fingerprint density at radius 1 is 1.27 bits per heavy atom. The first-order valence-electron chi connectivity index (χ1n) is 6.89. The molecule has 0 fully saturated rings. The molecule has 0 atom stereocenters. The van der Waals surface area contributed by atoms with E-state index >= 15 is 0 Å². The zero-order valence-corrected chi connectivity index (χ0v) is 15.3. The second-order valence-corrected chi connectivity index (χ2v) is 12.9. The van der Waals surface area contributed by atoms with E-state index < -0.39 is 19.9 Å². The van der Waals surface area contributed by atoms with Crippen LogP contribution in [-0.2, 0) is 17.6 Å². The molecule has 1 aromatic carbocycles. The summed E-state index contributed by atoms with van der Waals surface area (Å²) in [6.07, 6.45) is -4.47. The van der Waals surface area contributed by atoms with E-state index in [0.717, 1.165) is 10.7 Å². The summed E-state index contributed by atoms with van der Waals surface area (Å²) >= 11 is 3.25. The van der Waals surface area contributed by atoms with E-state index in [9.17, 15) is 13.2 Å². The maximum atomic E-state index is 13.3. The summed E-state index contributed by atoms with van der Waals surface area (Å²) in [7, 11) is -1.27. The summed E-state index contributed by atoms with van der Waals surface area (Å²) in [6.45, 7) is 6.84. The highest BCUT2D eigenvalue weighted by molar-refractivity contribution is 9.10. The number of benzene rings is 1. The van der Waals surface area contributed by atoms with Gasteiger partial charge in [-0.2, -0.15) is 18.3 Å². The molecular formula is C14H18BrF3N2OSi. The Bertz CT molecular complexity index is 664. The topological polar surface area (TPSA) is 27.1 Å². The lowest BCUT2D eigenvalue weighted by Gasteiger charge is -2.16. The van der Waals surface area contributed by atoms with Crippen LogP contribution in [0.2, 0.25) is 25.7 Å². The Labute approximate surface area is 136 Å². The van der Waals surface area contributed by atoms with Crippen molar-refractivity contribution >= 4 is 34.9 Å². The molecule has 1 heterocycles. The van der Waals surface area contributed by atoms with Crippen LogP contribution in [0.5, 0.6) is 0 Å². The molecule has 0 bridgehead atoms. The first-order valence-corrected chi connectivity index (χ1v) is 11.4. The number of fused-ring (bicyclic) bond motifs is 1. The lowest BCUT2D eigenvalue weighted by Crippen LogP contribution is -2.23. The molecule has 8 heteroatoms. The Hall–Kier alpha value is -0.863. The largest absolute Gasteiger partial charge is 0.433 e. The van der Waals surface area contributed by atoms with Gasteiger partial charge < -0.3 is 4.74 Å². The van der Waals surface area contributed by atoms with E-state index in [2.05, 4.69) is 40.7 Å². The third-order valence-corrected chi connectivity index (χ3v) is 5.38. The molecule has 0 saturated carbocycles. The van der Waals surface area contributed by atoms with E-state index in [1.165, 1.54) is 6.07 Å². The van der Waals surface area contributed by atoms with Gasteiger partial charge in [0.15, 0.2) is 5.69 Å². The van der Waals surface area contributed by atoms with Gasteiger partial charge in [-0.1, -0.05) is 35.6 Å². The van der Waals surface area contributed by atoms with Gasteiger partial charge in [-0.15, -0.1) is 0 Å². The van der Waals surface area contributed by atoms with Crippen molar-refractivity contribution in [2.24, 2.45) is 0 Å². The van der Waals surface area contributed by atoms with Crippen LogP contribution in [0.1, 0.15) is 5.69 Å². The van der Waals surface area contributed by atoms with Crippen molar-refractivity contribution < 1.29 is 17.9 Å². The number of hydrogen-bond acceptors (Lipinski definition) is 2. The number of halogens is 4. The SMILES string of the molecule is C[Si](C)(C)CCOCn1nc2cc(Br)ccc2c1C(F)(F)F. The third kappa shape index (κ3) is 4.33. The molecule has 1 aromatic heterocycles. The predicted octanol–water partition coefficient (Wildman–Crippen LogP) is 5.13. The zero-order valence-electron chi connectivity index (χ0n) is 12.7. The molecule has 0 spiro atoms. The fraction of sp³-hybridized carbons (Fsp3) is 0.500. The highest BCUT2D eigenvalue weighted by Gasteiger charge is 2.37. The Kier molecular flexibility index (Phi) is 5.03. The van der Waals surface area contributed by atoms with E-state index in [1.807, 2.05) is 0 Å². The van der Waals surface area contributed by atoms with E-state index in [1.54, 1.807) is 12.1 Å². The lowest BCUT2D eigenvalue weighted by atomic mass is 10.2. The normalized spacial score (nSPS) is 13.0. The maximum absolute atomic E-state index is 13.3. The minimum Gasteiger partial charge on any atom is -0.360 e. The van der Waals surface area contributed by atoms with Gasteiger partial charge in [-0.3, -0.25) is 0 Å². The van der Waals surface area contributed by atoms with Crippen LogP contribution in [0.25, 0.3) is 10.9 Å². The third-order valence-electron chi connectivity index (χ3n) is 3.18. The van der Waals surface area contributed by atoms with Crippen LogP contribution in [0, 0.1) is 0 Å². The molecule has 0 aliphatic rings. The molecule has 122 valence electrons. The van der Waals surface area contributed by atoms with Crippen LogP contribution in [0.3, 0.4) is 0 Å². The summed E-state index contributed by atoms with van der Waals surface area (Å²) in [5, 5.41) is 4.11. The van der Waals surface area contributed by atoms with Crippen LogP contribution < -0.4 is 0 Å². The van der Waals surface area contributed by atoms with Crippen molar-refractivity contribution in [3.05, 3.63) is 28.4 Å². The van der Waals surface area contributed by atoms with Crippen LogP contribution in [-0.4, -0.2) is 24.5 Å². The Morgan fingerprint density at radius 2 is 1.95 bits per heavy atom. The highest BCUT2D eigenvalue weighted by Crippen LogP contribution is 2.35. The fourth-order valence-corrected chi connectivity index (χ4v) is 3.13. The molecule has 2 aromatic rings. The van der Waals surface area contributed by atoms with Gasteiger partial charge in [0.25, 0.3) is 0 Å². The summed E-state index contributed by atoms with van der Waals surface area (Å²) < 4.78 is 46.9. The first kappa shape index (κ1) is 17.5. The molecule has 2 rings (SSSR count). The number of rotatable bonds is 5. The highest BCUT2D eigenvalue weighted by atomic mass is 79.9. The summed E-state index contributed by atoms with van der Waals surface area (Å²) in [5.74, 6) is 0. The van der Waals surface area contributed by atoms with Crippen molar-refractivity contribution in [3.63, 3.8) is 0 Å². The van der Waals surface area contributed by atoms with Crippen molar-refractivity contribution in [3.8, 4) is 0 Å². The smallest absolute Gasteiger partial charge is 0.360 e. The van der Waals surface area contributed by atoms with Crippen LogP contribution >= 0.6 is 15.9 Å². The summed E-state index contributed by atoms with van der Waals surface area (Å²) in [5.41, 5.74) is -0.460. The minimum atomic E-state index is -4.47. The average Bonchev–Trinajstić information content (AvgIpc) is 2.70. The summed E-state index contributed by atoms with van der Waals surface area (Å²) in [4.78, 5) is 0. The van der Waals surface area contributed by atoms with Crippen molar-refractivity contribution in [1.82, 2.24) is 9.78 Å². The van der Waals surface area contributed by atoms with Gasteiger partial charge in [-0.05, 0) is 24.2 Å². The van der Waals surface area contributed by atoms with Crippen LogP contribution in [0.15, 0.2) is 22.7 Å². The monoisotopic (exact) mass is 394 g/mol. The standard InChI is InChI=1S/C14H18BrF3N2OSi/c1-22(2,3)7-6-21-9-20-13(14(16,17)18)11-5-4-10(15)8-12(11)19-20/h4-5,8H,6-7,9H2,1-3H3. The molecule has 0 N–H and O–H groups in total. The van der Waals surface area contributed by atoms with Gasteiger partial charge >= 0.3 is 6.18 Å². The maximum Gasteiger partial charge on any atom is 0.433 e. The van der Waals surface area contributed by atoms with Gasteiger partial charge in [0.2, 0.25) is 0 Å². The van der Waals surface area contributed by atoms with E-state index in [-0.39, 0.29) is 12.1 Å². The molecule has 0 aliphatic heterocycles. The van der Waals surface area contributed by atoms with Crippen molar-refractivity contribution in [2.45, 2.75) is 38.6 Å². The Morgan fingerprint density at radius 3 is 2.55 bits per heavy atom. The molecule has 0 amide bonds. The summed E-state index contributed by atoms with van der Waals surface area (Å²) in [6, 6.07) is 5.48. The number of aromatic nitrogens is 2. The second kappa shape index (κ2) is 6.33. The molecule has 3 nitrogen and oxygen atoms in total. The van der Waals surface area contributed by atoms with Crippen LogP contribution in [0.4, 0.5) is 13.2 Å².